The summed E-state index contributed by atoms with van der Waals surface area (Å²) in [6.07, 6.45) is 0.945. The Morgan fingerprint density at radius 3 is 2.86 bits per heavy atom. The van der Waals surface area contributed by atoms with Crippen LogP contribution in [0.15, 0.2) is 35.7 Å². The van der Waals surface area contributed by atoms with E-state index in [1.165, 1.54) is 10.4 Å². The molecule has 0 saturated carbocycles. The van der Waals surface area contributed by atoms with Gasteiger partial charge in [-0.1, -0.05) is 12.1 Å². The SMILES string of the molecule is O=C(Nc1ccc(CNCl)cc1)N1CCc2sccc2C1. The third-order valence-corrected chi connectivity index (χ3v) is 4.73. The summed E-state index contributed by atoms with van der Waals surface area (Å²) in [7, 11) is 0. The highest BCUT2D eigenvalue weighted by Gasteiger charge is 2.21. The van der Waals surface area contributed by atoms with E-state index in [1.807, 2.05) is 29.2 Å². The molecule has 0 unspecified atom stereocenters. The Hall–Kier alpha value is -1.56. The van der Waals surface area contributed by atoms with Crippen molar-refractivity contribution >= 4 is 34.8 Å². The van der Waals surface area contributed by atoms with E-state index in [1.54, 1.807) is 11.3 Å². The van der Waals surface area contributed by atoms with Gasteiger partial charge in [0.1, 0.15) is 0 Å². The molecule has 2 aromatic rings. The standard InChI is InChI=1S/C15H16ClN3OS/c16-17-9-11-1-3-13(4-2-11)18-15(20)19-7-5-14-12(10-19)6-8-21-14/h1-4,6,8,17H,5,7,9-10H2,(H,18,20). The highest BCUT2D eigenvalue weighted by molar-refractivity contribution is 7.10. The van der Waals surface area contributed by atoms with Crippen molar-refractivity contribution in [3.8, 4) is 0 Å². The monoisotopic (exact) mass is 321 g/mol. The fourth-order valence-corrected chi connectivity index (χ4v) is 3.45. The summed E-state index contributed by atoms with van der Waals surface area (Å²) >= 11 is 7.24. The van der Waals surface area contributed by atoms with Gasteiger partial charge in [0.15, 0.2) is 0 Å². The number of fused-ring (bicyclic) bond motifs is 1. The molecular weight excluding hydrogens is 306 g/mol. The summed E-state index contributed by atoms with van der Waals surface area (Å²) < 4.78 is 0. The Labute approximate surface area is 132 Å². The quantitative estimate of drug-likeness (QED) is 0.849. The number of anilines is 1. The Balaban J connectivity index is 1.61. The van der Waals surface area contributed by atoms with Gasteiger partial charge in [-0.2, -0.15) is 0 Å². The van der Waals surface area contributed by atoms with Gasteiger partial charge in [-0.05, 0) is 52.9 Å². The second-order valence-electron chi connectivity index (χ2n) is 4.98. The summed E-state index contributed by atoms with van der Waals surface area (Å²) in [5.74, 6) is 0. The van der Waals surface area contributed by atoms with Crippen molar-refractivity contribution in [2.75, 3.05) is 11.9 Å². The van der Waals surface area contributed by atoms with E-state index < -0.39 is 0 Å². The number of nitrogens with zero attached hydrogens (tertiary/aromatic N) is 1. The first-order chi connectivity index (χ1) is 10.3. The molecule has 1 aromatic heterocycles. The second kappa shape index (κ2) is 6.47. The summed E-state index contributed by atoms with van der Waals surface area (Å²) in [4.78, 5) is 18.1. The van der Waals surface area contributed by atoms with Crippen LogP contribution < -0.4 is 10.2 Å². The van der Waals surface area contributed by atoms with Gasteiger partial charge in [0.05, 0.1) is 0 Å². The van der Waals surface area contributed by atoms with Crippen molar-refractivity contribution in [2.24, 2.45) is 0 Å². The number of carbonyl (C=O) groups is 1. The van der Waals surface area contributed by atoms with E-state index >= 15 is 0 Å². The zero-order valence-electron chi connectivity index (χ0n) is 11.4. The van der Waals surface area contributed by atoms with E-state index in [2.05, 4.69) is 21.6 Å². The molecule has 0 radical (unpaired) electrons. The topological polar surface area (TPSA) is 44.4 Å². The Morgan fingerprint density at radius 2 is 2.10 bits per heavy atom. The summed E-state index contributed by atoms with van der Waals surface area (Å²) in [6, 6.07) is 9.72. The molecule has 1 aromatic carbocycles. The molecule has 21 heavy (non-hydrogen) atoms. The first-order valence-corrected chi connectivity index (χ1v) is 8.05. The Kier molecular flexibility index (Phi) is 4.43. The largest absolute Gasteiger partial charge is 0.322 e. The van der Waals surface area contributed by atoms with Crippen molar-refractivity contribution in [3.05, 3.63) is 51.7 Å². The van der Waals surface area contributed by atoms with Crippen molar-refractivity contribution in [3.63, 3.8) is 0 Å². The van der Waals surface area contributed by atoms with Crippen LogP contribution in [0.5, 0.6) is 0 Å². The maximum absolute atomic E-state index is 12.3. The molecule has 1 aliphatic rings. The smallest absolute Gasteiger partial charge is 0.320 e. The zero-order chi connectivity index (χ0) is 14.7. The van der Waals surface area contributed by atoms with Gasteiger partial charge >= 0.3 is 6.03 Å². The molecule has 2 N–H and O–H groups in total. The van der Waals surface area contributed by atoms with E-state index in [-0.39, 0.29) is 6.03 Å². The van der Waals surface area contributed by atoms with E-state index in [0.29, 0.717) is 13.1 Å². The number of rotatable bonds is 3. The lowest BCUT2D eigenvalue weighted by molar-refractivity contribution is 0.207. The fourth-order valence-electron chi connectivity index (χ4n) is 2.41. The number of nitrogens with one attached hydrogen (secondary N) is 2. The van der Waals surface area contributed by atoms with Gasteiger partial charge < -0.3 is 10.2 Å². The third-order valence-electron chi connectivity index (χ3n) is 3.57. The first kappa shape index (κ1) is 14.4. The number of urea groups is 1. The third kappa shape index (κ3) is 3.37. The van der Waals surface area contributed by atoms with Gasteiger partial charge in [-0.15, -0.1) is 11.3 Å². The van der Waals surface area contributed by atoms with Crippen LogP contribution in [-0.2, 0) is 19.5 Å². The van der Waals surface area contributed by atoms with Gasteiger partial charge in [-0.25, -0.2) is 9.63 Å². The predicted octanol–water partition coefficient (Wildman–Crippen LogP) is 3.58. The van der Waals surface area contributed by atoms with Crippen molar-refractivity contribution in [1.82, 2.24) is 9.74 Å². The van der Waals surface area contributed by atoms with Crippen LogP contribution in [-0.4, -0.2) is 17.5 Å². The molecule has 1 aliphatic heterocycles. The number of carbonyl (C=O) groups excluding carboxylic acids is 1. The number of benzene rings is 1. The summed E-state index contributed by atoms with van der Waals surface area (Å²) in [5.41, 5.74) is 3.14. The number of halogens is 1. The van der Waals surface area contributed by atoms with Crippen LogP contribution in [0.25, 0.3) is 0 Å². The van der Waals surface area contributed by atoms with Crippen molar-refractivity contribution < 1.29 is 4.79 Å². The van der Waals surface area contributed by atoms with Crippen LogP contribution in [0.3, 0.4) is 0 Å². The number of amides is 2. The maximum atomic E-state index is 12.3. The summed E-state index contributed by atoms with van der Waals surface area (Å²) in [5, 5.41) is 5.03. The molecule has 0 aliphatic carbocycles. The first-order valence-electron chi connectivity index (χ1n) is 6.80. The van der Waals surface area contributed by atoms with Gasteiger partial charge in [0.25, 0.3) is 0 Å². The van der Waals surface area contributed by atoms with Gasteiger partial charge in [0.2, 0.25) is 0 Å². The van der Waals surface area contributed by atoms with Crippen molar-refractivity contribution in [2.45, 2.75) is 19.5 Å². The van der Waals surface area contributed by atoms with E-state index in [4.69, 9.17) is 11.8 Å². The summed E-state index contributed by atoms with van der Waals surface area (Å²) in [6.45, 7) is 2.06. The van der Waals surface area contributed by atoms with Crippen LogP contribution in [0.4, 0.5) is 10.5 Å². The molecule has 3 rings (SSSR count). The van der Waals surface area contributed by atoms with E-state index in [0.717, 1.165) is 24.2 Å². The lowest BCUT2D eigenvalue weighted by Crippen LogP contribution is -2.38. The average molecular weight is 322 g/mol. The van der Waals surface area contributed by atoms with Crippen LogP contribution >= 0.6 is 23.1 Å². The molecule has 2 amide bonds. The van der Waals surface area contributed by atoms with Crippen LogP contribution in [0.2, 0.25) is 0 Å². The molecule has 110 valence electrons. The number of thiophene rings is 1. The lowest BCUT2D eigenvalue weighted by atomic mass is 10.1. The Morgan fingerprint density at radius 1 is 1.29 bits per heavy atom. The fraction of sp³-hybridized carbons (Fsp3) is 0.267. The molecule has 0 fully saturated rings. The predicted molar refractivity (Wildman–Crippen MR) is 86.6 cm³/mol. The highest BCUT2D eigenvalue weighted by atomic mass is 35.5. The van der Waals surface area contributed by atoms with Crippen LogP contribution in [0, 0.1) is 0 Å². The zero-order valence-corrected chi connectivity index (χ0v) is 13.0. The maximum Gasteiger partial charge on any atom is 0.322 e. The molecule has 0 bridgehead atoms. The number of hydrogen-bond acceptors (Lipinski definition) is 3. The lowest BCUT2D eigenvalue weighted by Gasteiger charge is -2.27. The van der Waals surface area contributed by atoms with Crippen LogP contribution in [0.1, 0.15) is 16.0 Å². The molecule has 6 heteroatoms. The number of hydrogen-bond donors (Lipinski definition) is 2. The van der Waals surface area contributed by atoms with Gasteiger partial charge in [0, 0.05) is 30.2 Å². The molecule has 2 heterocycles. The minimum Gasteiger partial charge on any atom is -0.320 e. The van der Waals surface area contributed by atoms with Crippen molar-refractivity contribution in [1.29, 1.82) is 0 Å². The molecular formula is C15H16ClN3OS. The van der Waals surface area contributed by atoms with Gasteiger partial charge in [-0.3, -0.25) is 0 Å². The highest BCUT2D eigenvalue weighted by Crippen LogP contribution is 2.24. The van der Waals surface area contributed by atoms with E-state index in [9.17, 15) is 4.79 Å². The minimum absolute atomic E-state index is 0.0462. The molecule has 4 nitrogen and oxygen atoms in total. The Bertz CT molecular complexity index is 626. The molecule has 0 atom stereocenters. The normalized spacial score (nSPS) is 13.9. The average Bonchev–Trinajstić information content (AvgIpc) is 2.97. The minimum atomic E-state index is -0.0462. The second-order valence-corrected chi connectivity index (χ2v) is 6.25. The molecule has 0 saturated heterocycles. The molecule has 0 spiro atoms.